The summed E-state index contributed by atoms with van der Waals surface area (Å²) in [5, 5.41) is 0. The van der Waals surface area contributed by atoms with Crippen LogP contribution in [0.5, 0.6) is 5.75 Å². The molecule has 0 spiro atoms. The average molecular weight is 256 g/mol. The van der Waals surface area contributed by atoms with E-state index in [1.165, 1.54) is 5.56 Å². The van der Waals surface area contributed by atoms with Gasteiger partial charge in [-0.2, -0.15) is 0 Å². The van der Waals surface area contributed by atoms with Gasteiger partial charge in [-0.3, -0.25) is 4.98 Å². The SMILES string of the molecule is COc1cccc(C(C)(CN)Cc2ccccn2)c1. The van der Waals surface area contributed by atoms with Gasteiger partial charge >= 0.3 is 0 Å². The van der Waals surface area contributed by atoms with Gasteiger partial charge in [-0.15, -0.1) is 0 Å². The number of methoxy groups -OCH3 is 1. The summed E-state index contributed by atoms with van der Waals surface area (Å²) in [5.74, 6) is 0.859. The number of hydrogen-bond donors (Lipinski definition) is 1. The van der Waals surface area contributed by atoms with Crippen LogP contribution in [0.2, 0.25) is 0 Å². The fraction of sp³-hybridized carbons (Fsp3) is 0.312. The van der Waals surface area contributed by atoms with E-state index in [0.29, 0.717) is 6.54 Å². The van der Waals surface area contributed by atoms with E-state index in [0.717, 1.165) is 17.9 Å². The third-order valence-electron chi connectivity index (χ3n) is 3.51. The standard InChI is InChI=1S/C16H20N2O/c1-16(12-17,11-14-7-3-4-9-18-14)13-6-5-8-15(10-13)19-2/h3-10H,11-12,17H2,1-2H3. The van der Waals surface area contributed by atoms with E-state index in [2.05, 4.69) is 24.0 Å². The van der Waals surface area contributed by atoms with E-state index in [4.69, 9.17) is 10.5 Å². The Kier molecular flexibility index (Phi) is 4.17. The van der Waals surface area contributed by atoms with Gasteiger partial charge < -0.3 is 10.5 Å². The molecule has 2 rings (SSSR count). The molecule has 0 fully saturated rings. The van der Waals surface area contributed by atoms with Crippen molar-refractivity contribution in [3.05, 3.63) is 59.9 Å². The van der Waals surface area contributed by atoms with Gasteiger partial charge in [0.05, 0.1) is 7.11 Å². The van der Waals surface area contributed by atoms with E-state index < -0.39 is 0 Å². The van der Waals surface area contributed by atoms with Crippen LogP contribution in [0.15, 0.2) is 48.7 Å². The van der Waals surface area contributed by atoms with E-state index in [1.54, 1.807) is 7.11 Å². The minimum atomic E-state index is -0.136. The lowest BCUT2D eigenvalue weighted by Crippen LogP contribution is -2.34. The van der Waals surface area contributed by atoms with Crippen molar-refractivity contribution in [2.45, 2.75) is 18.8 Å². The van der Waals surface area contributed by atoms with Crippen LogP contribution in [0.1, 0.15) is 18.2 Å². The first-order valence-corrected chi connectivity index (χ1v) is 6.42. The Labute approximate surface area is 114 Å². The lowest BCUT2D eigenvalue weighted by Gasteiger charge is -2.28. The van der Waals surface area contributed by atoms with Crippen LogP contribution in [-0.4, -0.2) is 18.6 Å². The third-order valence-corrected chi connectivity index (χ3v) is 3.51. The number of pyridine rings is 1. The second-order valence-corrected chi connectivity index (χ2v) is 4.99. The topological polar surface area (TPSA) is 48.1 Å². The van der Waals surface area contributed by atoms with E-state index in [-0.39, 0.29) is 5.41 Å². The highest BCUT2D eigenvalue weighted by molar-refractivity contribution is 5.35. The molecule has 2 aromatic rings. The predicted octanol–water partition coefficient (Wildman–Crippen LogP) is 2.55. The highest BCUT2D eigenvalue weighted by atomic mass is 16.5. The smallest absolute Gasteiger partial charge is 0.119 e. The minimum absolute atomic E-state index is 0.136. The van der Waals surface area contributed by atoms with Crippen molar-refractivity contribution in [1.29, 1.82) is 0 Å². The number of aromatic nitrogens is 1. The van der Waals surface area contributed by atoms with Gasteiger partial charge in [-0.1, -0.05) is 25.1 Å². The minimum Gasteiger partial charge on any atom is -0.497 e. The van der Waals surface area contributed by atoms with Crippen LogP contribution in [0.4, 0.5) is 0 Å². The van der Waals surface area contributed by atoms with Gasteiger partial charge in [0, 0.05) is 30.3 Å². The lowest BCUT2D eigenvalue weighted by atomic mass is 9.78. The molecule has 1 unspecified atom stereocenters. The number of nitrogens with two attached hydrogens (primary N) is 1. The van der Waals surface area contributed by atoms with Crippen LogP contribution < -0.4 is 10.5 Å². The second-order valence-electron chi connectivity index (χ2n) is 4.99. The summed E-state index contributed by atoms with van der Waals surface area (Å²) in [6.45, 7) is 2.73. The maximum atomic E-state index is 6.01. The van der Waals surface area contributed by atoms with Gasteiger partial charge in [-0.05, 0) is 29.8 Å². The van der Waals surface area contributed by atoms with Crippen LogP contribution in [-0.2, 0) is 11.8 Å². The number of benzene rings is 1. The molecule has 1 heterocycles. The first kappa shape index (κ1) is 13.6. The molecule has 0 aliphatic carbocycles. The van der Waals surface area contributed by atoms with Crippen molar-refractivity contribution in [3.8, 4) is 5.75 Å². The van der Waals surface area contributed by atoms with Crippen molar-refractivity contribution >= 4 is 0 Å². The van der Waals surface area contributed by atoms with E-state index in [1.807, 2.05) is 36.5 Å². The summed E-state index contributed by atoms with van der Waals surface area (Å²) in [5.41, 5.74) is 8.11. The molecule has 3 heteroatoms. The van der Waals surface area contributed by atoms with Crippen molar-refractivity contribution in [2.24, 2.45) is 5.73 Å². The molecule has 100 valence electrons. The highest BCUT2D eigenvalue weighted by Crippen LogP contribution is 2.29. The molecule has 0 aliphatic rings. The molecular weight excluding hydrogens is 236 g/mol. The first-order chi connectivity index (χ1) is 9.18. The molecule has 0 aliphatic heterocycles. The van der Waals surface area contributed by atoms with Gasteiger partial charge in [0.15, 0.2) is 0 Å². The van der Waals surface area contributed by atoms with Crippen LogP contribution in [0.3, 0.4) is 0 Å². The fourth-order valence-corrected chi connectivity index (χ4v) is 2.19. The third kappa shape index (κ3) is 3.12. The molecular formula is C16H20N2O. The Morgan fingerprint density at radius 1 is 1.21 bits per heavy atom. The van der Waals surface area contributed by atoms with Gasteiger partial charge in [0.2, 0.25) is 0 Å². The van der Waals surface area contributed by atoms with Crippen molar-refractivity contribution in [1.82, 2.24) is 4.98 Å². The molecule has 0 saturated heterocycles. The Bertz CT molecular complexity index is 527. The van der Waals surface area contributed by atoms with Crippen molar-refractivity contribution in [2.75, 3.05) is 13.7 Å². The summed E-state index contributed by atoms with van der Waals surface area (Å²) in [6.07, 6.45) is 2.63. The first-order valence-electron chi connectivity index (χ1n) is 6.42. The van der Waals surface area contributed by atoms with Crippen molar-refractivity contribution < 1.29 is 4.74 Å². The van der Waals surface area contributed by atoms with Crippen LogP contribution in [0, 0.1) is 0 Å². The monoisotopic (exact) mass is 256 g/mol. The lowest BCUT2D eigenvalue weighted by molar-refractivity contribution is 0.410. The largest absolute Gasteiger partial charge is 0.497 e. The molecule has 0 radical (unpaired) electrons. The zero-order chi connectivity index (χ0) is 13.7. The number of hydrogen-bond acceptors (Lipinski definition) is 3. The van der Waals surface area contributed by atoms with Gasteiger partial charge in [0.1, 0.15) is 5.75 Å². The quantitative estimate of drug-likeness (QED) is 0.894. The Balaban J connectivity index is 2.30. The molecule has 0 saturated carbocycles. The molecule has 2 N–H and O–H groups in total. The molecule has 1 atom stereocenters. The molecule has 1 aromatic heterocycles. The fourth-order valence-electron chi connectivity index (χ4n) is 2.19. The molecule has 19 heavy (non-hydrogen) atoms. The summed E-state index contributed by atoms with van der Waals surface area (Å²) in [6, 6.07) is 14.1. The summed E-state index contributed by atoms with van der Waals surface area (Å²) in [7, 11) is 1.68. The number of ether oxygens (including phenoxy) is 1. The molecule has 3 nitrogen and oxygen atoms in total. The summed E-state index contributed by atoms with van der Waals surface area (Å²) >= 11 is 0. The van der Waals surface area contributed by atoms with E-state index in [9.17, 15) is 0 Å². The number of rotatable bonds is 5. The van der Waals surface area contributed by atoms with Crippen LogP contribution in [0.25, 0.3) is 0 Å². The summed E-state index contributed by atoms with van der Waals surface area (Å²) in [4.78, 5) is 4.39. The zero-order valence-corrected chi connectivity index (χ0v) is 11.5. The average Bonchev–Trinajstić information content (AvgIpc) is 2.48. The predicted molar refractivity (Wildman–Crippen MR) is 77.3 cm³/mol. The van der Waals surface area contributed by atoms with E-state index >= 15 is 0 Å². The molecule has 1 aromatic carbocycles. The number of nitrogens with zero attached hydrogens (tertiary/aromatic N) is 1. The molecule has 0 bridgehead atoms. The molecule has 0 amide bonds. The van der Waals surface area contributed by atoms with Gasteiger partial charge in [-0.25, -0.2) is 0 Å². The van der Waals surface area contributed by atoms with Gasteiger partial charge in [0.25, 0.3) is 0 Å². The zero-order valence-electron chi connectivity index (χ0n) is 11.5. The Hall–Kier alpha value is -1.87. The second kappa shape index (κ2) is 5.85. The maximum Gasteiger partial charge on any atom is 0.119 e. The van der Waals surface area contributed by atoms with Crippen LogP contribution >= 0.6 is 0 Å². The Morgan fingerprint density at radius 2 is 2.05 bits per heavy atom. The van der Waals surface area contributed by atoms with Crippen molar-refractivity contribution in [3.63, 3.8) is 0 Å². The maximum absolute atomic E-state index is 6.01. The normalized spacial score (nSPS) is 13.8. The highest BCUT2D eigenvalue weighted by Gasteiger charge is 2.26. The summed E-state index contributed by atoms with van der Waals surface area (Å²) < 4.78 is 5.29. The Morgan fingerprint density at radius 3 is 2.68 bits per heavy atom.